The molecule has 0 aliphatic heterocycles. The van der Waals surface area contributed by atoms with Crippen LogP contribution in [0.4, 0.5) is 13.2 Å². The van der Waals surface area contributed by atoms with Crippen molar-refractivity contribution in [2.75, 3.05) is 0 Å². The number of aryl methyl sites for hydroxylation is 1. The molecule has 0 aromatic carbocycles. The van der Waals surface area contributed by atoms with E-state index in [1.807, 2.05) is 0 Å². The van der Waals surface area contributed by atoms with Crippen LogP contribution < -0.4 is 0 Å². The van der Waals surface area contributed by atoms with E-state index >= 15 is 0 Å². The van der Waals surface area contributed by atoms with Crippen LogP contribution in [0, 0.1) is 6.92 Å². The first-order valence-electron chi connectivity index (χ1n) is 3.44. The Hall–Kier alpha value is -1.39. The second kappa shape index (κ2) is 3.16. The third kappa shape index (κ3) is 2.05. The van der Waals surface area contributed by atoms with Crippen LogP contribution in [0.15, 0.2) is 12.3 Å². The van der Waals surface area contributed by atoms with Crippen LogP contribution in [0.25, 0.3) is 0 Å². The van der Waals surface area contributed by atoms with Gasteiger partial charge in [-0.15, -0.1) is 0 Å². The van der Waals surface area contributed by atoms with Gasteiger partial charge in [0.15, 0.2) is 12.0 Å². The van der Waals surface area contributed by atoms with Crippen molar-refractivity contribution in [3.05, 3.63) is 29.1 Å². The van der Waals surface area contributed by atoms with Crippen LogP contribution in [0.1, 0.15) is 21.6 Å². The van der Waals surface area contributed by atoms with E-state index in [1.54, 1.807) is 6.92 Å². The third-order valence-corrected chi connectivity index (χ3v) is 1.45. The number of hydrogen-bond acceptors (Lipinski definition) is 2. The van der Waals surface area contributed by atoms with Crippen LogP contribution in [0.5, 0.6) is 0 Å². The van der Waals surface area contributed by atoms with E-state index < -0.39 is 17.4 Å². The molecule has 0 spiro atoms. The van der Waals surface area contributed by atoms with E-state index in [9.17, 15) is 18.0 Å². The molecular weight excluding hydrogens is 183 g/mol. The fraction of sp³-hybridized carbons (Fsp3) is 0.250. The Morgan fingerprint density at radius 1 is 1.46 bits per heavy atom. The number of hydrogen-bond donors (Lipinski definition) is 0. The summed E-state index contributed by atoms with van der Waals surface area (Å²) in [5, 5.41) is 0. The standard InChI is InChI=1S/C8H6F3NO/c1-5-2-6(4-13)7(12-3-5)8(9,10)11/h2-4H,1H3. The molecule has 0 fully saturated rings. The molecule has 70 valence electrons. The number of alkyl halides is 3. The Labute approximate surface area is 72.4 Å². The number of nitrogens with zero attached hydrogens (tertiary/aromatic N) is 1. The summed E-state index contributed by atoms with van der Waals surface area (Å²) in [5.41, 5.74) is -1.03. The zero-order valence-electron chi connectivity index (χ0n) is 6.72. The lowest BCUT2D eigenvalue weighted by Crippen LogP contribution is -2.11. The maximum Gasteiger partial charge on any atom is 0.434 e. The Kier molecular flexibility index (Phi) is 2.36. The van der Waals surface area contributed by atoms with Crippen molar-refractivity contribution in [3.8, 4) is 0 Å². The number of carbonyl (C=O) groups is 1. The molecule has 0 bridgehead atoms. The number of rotatable bonds is 1. The van der Waals surface area contributed by atoms with Crippen molar-refractivity contribution in [1.82, 2.24) is 4.98 Å². The fourth-order valence-electron chi connectivity index (χ4n) is 0.919. The quantitative estimate of drug-likeness (QED) is 0.634. The average Bonchev–Trinajstić information content (AvgIpc) is 2.01. The van der Waals surface area contributed by atoms with E-state index in [4.69, 9.17) is 0 Å². The first-order valence-corrected chi connectivity index (χ1v) is 3.44. The van der Waals surface area contributed by atoms with Crippen LogP contribution in [-0.4, -0.2) is 11.3 Å². The number of carbonyl (C=O) groups excluding carboxylic acids is 1. The van der Waals surface area contributed by atoms with Crippen molar-refractivity contribution in [2.24, 2.45) is 0 Å². The zero-order valence-corrected chi connectivity index (χ0v) is 6.72. The molecular formula is C8H6F3NO. The maximum atomic E-state index is 12.1. The van der Waals surface area contributed by atoms with Crippen molar-refractivity contribution in [1.29, 1.82) is 0 Å². The lowest BCUT2D eigenvalue weighted by Gasteiger charge is -2.07. The molecule has 0 aliphatic carbocycles. The molecule has 1 heterocycles. The lowest BCUT2D eigenvalue weighted by molar-refractivity contribution is -0.141. The van der Waals surface area contributed by atoms with Crippen molar-refractivity contribution in [2.45, 2.75) is 13.1 Å². The number of aldehydes is 1. The van der Waals surface area contributed by atoms with Gasteiger partial charge in [-0.3, -0.25) is 9.78 Å². The van der Waals surface area contributed by atoms with Gasteiger partial charge in [-0.05, 0) is 18.6 Å². The van der Waals surface area contributed by atoms with Gasteiger partial charge in [0.2, 0.25) is 0 Å². The van der Waals surface area contributed by atoms with Gasteiger partial charge in [-0.1, -0.05) is 0 Å². The van der Waals surface area contributed by atoms with Gasteiger partial charge in [-0.25, -0.2) is 0 Å². The molecule has 5 heteroatoms. The monoisotopic (exact) mass is 189 g/mol. The predicted molar refractivity (Wildman–Crippen MR) is 39.4 cm³/mol. The van der Waals surface area contributed by atoms with Crippen molar-refractivity contribution < 1.29 is 18.0 Å². The largest absolute Gasteiger partial charge is 0.434 e. The van der Waals surface area contributed by atoms with E-state index in [-0.39, 0.29) is 6.29 Å². The highest BCUT2D eigenvalue weighted by molar-refractivity contribution is 5.76. The van der Waals surface area contributed by atoms with Gasteiger partial charge < -0.3 is 0 Å². The molecule has 1 aromatic rings. The summed E-state index contributed by atoms with van der Waals surface area (Å²) in [6.45, 7) is 1.57. The van der Waals surface area contributed by atoms with Crippen molar-refractivity contribution >= 4 is 6.29 Å². The minimum absolute atomic E-state index is 0.156. The third-order valence-electron chi connectivity index (χ3n) is 1.45. The van der Waals surface area contributed by atoms with Gasteiger partial charge in [0, 0.05) is 11.8 Å². The predicted octanol–water partition coefficient (Wildman–Crippen LogP) is 2.22. The molecule has 0 saturated heterocycles. The van der Waals surface area contributed by atoms with E-state index in [1.165, 1.54) is 0 Å². The van der Waals surface area contributed by atoms with Crippen LogP contribution in [-0.2, 0) is 6.18 Å². The zero-order chi connectivity index (χ0) is 10.1. The Morgan fingerprint density at radius 3 is 2.54 bits per heavy atom. The molecule has 0 amide bonds. The number of halogens is 3. The molecule has 0 N–H and O–H groups in total. The minimum atomic E-state index is -4.57. The minimum Gasteiger partial charge on any atom is -0.298 e. The summed E-state index contributed by atoms with van der Waals surface area (Å²) in [5.74, 6) is 0. The topological polar surface area (TPSA) is 30.0 Å². The van der Waals surface area contributed by atoms with E-state index in [2.05, 4.69) is 4.98 Å². The van der Waals surface area contributed by atoms with Gasteiger partial charge in [0.25, 0.3) is 0 Å². The second-order valence-electron chi connectivity index (χ2n) is 2.57. The molecule has 0 saturated carbocycles. The first-order chi connectivity index (χ1) is 5.95. The number of pyridine rings is 1. The summed E-state index contributed by atoms with van der Waals surface area (Å²) in [4.78, 5) is 13.5. The van der Waals surface area contributed by atoms with Gasteiger partial charge in [0.05, 0.1) is 0 Å². The molecule has 1 aromatic heterocycles. The maximum absolute atomic E-state index is 12.1. The van der Waals surface area contributed by atoms with Crippen LogP contribution in [0.3, 0.4) is 0 Å². The van der Waals surface area contributed by atoms with Crippen molar-refractivity contribution in [3.63, 3.8) is 0 Å². The molecule has 0 radical (unpaired) electrons. The normalized spacial score (nSPS) is 11.4. The Balaban J connectivity index is 3.29. The first kappa shape index (κ1) is 9.70. The molecule has 0 atom stereocenters. The summed E-state index contributed by atoms with van der Waals surface area (Å²) >= 11 is 0. The summed E-state index contributed by atoms with van der Waals surface area (Å²) in [6, 6.07) is 1.16. The lowest BCUT2D eigenvalue weighted by atomic mass is 10.1. The van der Waals surface area contributed by atoms with Gasteiger partial charge in [-0.2, -0.15) is 13.2 Å². The highest BCUT2D eigenvalue weighted by Gasteiger charge is 2.35. The van der Waals surface area contributed by atoms with E-state index in [0.29, 0.717) is 5.56 Å². The fourth-order valence-corrected chi connectivity index (χ4v) is 0.919. The highest BCUT2D eigenvalue weighted by atomic mass is 19.4. The second-order valence-corrected chi connectivity index (χ2v) is 2.57. The average molecular weight is 189 g/mol. The molecule has 0 aliphatic rings. The molecule has 13 heavy (non-hydrogen) atoms. The summed E-state index contributed by atoms with van der Waals surface area (Å²) < 4.78 is 36.4. The van der Waals surface area contributed by atoms with Gasteiger partial charge >= 0.3 is 6.18 Å². The molecule has 2 nitrogen and oxygen atoms in total. The number of aromatic nitrogens is 1. The van der Waals surface area contributed by atoms with E-state index in [0.717, 1.165) is 12.3 Å². The van der Waals surface area contributed by atoms with Crippen LogP contribution >= 0.6 is 0 Å². The summed E-state index contributed by atoms with van der Waals surface area (Å²) in [6.07, 6.45) is -3.33. The van der Waals surface area contributed by atoms with Crippen LogP contribution in [0.2, 0.25) is 0 Å². The smallest absolute Gasteiger partial charge is 0.298 e. The molecule has 1 rings (SSSR count). The summed E-state index contributed by atoms with van der Waals surface area (Å²) in [7, 11) is 0. The Bertz CT molecular complexity index is 333. The van der Waals surface area contributed by atoms with Gasteiger partial charge in [0.1, 0.15) is 0 Å². The highest BCUT2D eigenvalue weighted by Crippen LogP contribution is 2.29. The molecule has 0 unspecified atom stereocenters. The SMILES string of the molecule is Cc1cnc(C(F)(F)F)c(C=O)c1. The Morgan fingerprint density at radius 2 is 2.08 bits per heavy atom.